The fourth-order valence-electron chi connectivity index (χ4n) is 5.82. The van der Waals surface area contributed by atoms with Gasteiger partial charge in [-0.15, -0.1) is 0 Å². The number of halogens is 1. The first-order valence-electron chi connectivity index (χ1n) is 11.7. The van der Waals surface area contributed by atoms with Crippen LogP contribution in [0.1, 0.15) is 70.7 Å². The molecule has 5 heteroatoms. The van der Waals surface area contributed by atoms with Crippen molar-refractivity contribution in [3.05, 3.63) is 41.0 Å². The van der Waals surface area contributed by atoms with Crippen molar-refractivity contribution in [2.24, 2.45) is 5.41 Å². The van der Waals surface area contributed by atoms with Gasteiger partial charge < -0.3 is 9.88 Å². The number of allylic oxidation sites excluding steroid dienone is 1. The van der Waals surface area contributed by atoms with Crippen LogP contribution < -0.4 is 5.32 Å². The number of hydrogen-bond donors (Lipinski definition) is 1. The van der Waals surface area contributed by atoms with Gasteiger partial charge in [0.25, 0.3) is 0 Å². The van der Waals surface area contributed by atoms with Crippen LogP contribution >= 0.6 is 0 Å². The molecule has 2 saturated heterocycles. The molecule has 1 N–H and O–H groups in total. The molecule has 3 heterocycles. The molecule has 4 nitrogen and oxygen atoms in total. The van der Waals surface area contributed by atoms with E-state index in [4.69, 9.17) is 4.98 Å². The molecule has 0 atom stereocenters. The lowest BCUT2D eigenvalue weighted by Crippen LogP contribution is -2.43. The molecule has 0 unspecified atom stereocenters. The topological polar surface area (TPSA) is 33.1 Å². The standard InChI is InChI=1S/C25H35FN4/c1-17-5-4-10-25(2,3)21(17)16-29-11-8-20(9-12-29)30-23-7-6-19(26)13-22(23)28-24(30)18-14-27-15-18/h6-7,13,18,20,27H,4-5,8-12,14-16H2,1-3H3. The van der Waals surface area contributed by atoms with Crippen LogP contribution in [0.25, 0.3) is 11.0 Å². The summed E-state index contributed by atoms with van der Waals surface area (Å²) in [7, 11) is 0. The van der Waals surface area contributed by atoms with E-state index in [0.717, 1.165) is 62.4 Å². The maximum absolute atomic E-state index is 13.8. The predicted molar refractivity (Wildman–Crippen MR) is 120 cm³/mol. The highest BCUT2D eigenvalue weighted by Gasteiger charge is 2.33. The van der Waals surface area contributed by atoms with Gasteiger partial charge in [-0.1, -0.05) is 25.0 Å². The average Bonchev–Trinajstić information content (AvgIpc) is 3.01. The maximum atomic E-state index is 13.8. The molecule has 0 spiro atoms. The van der Waals surface area contributed by atoms with Crippen LogP contribution in [-0.4, -0.2) is 47.2 Å². The second-order valence-electron chi connectivity index (χ2n) is 10.3. The molecule has 2 fully saturated rings. The Morgan fingerprint density at radius 2 is 1.97 bits per heavy atom. The second-order valence-corrected chi connectivity index (χ2v) is 10.3. The molecular formula is C25H35FN4. The minimum absolute atomic E-state index is 0.195. The van der Waals surface area contributed by atoms with Crippen LogP contribution in [0, 0.1) is 11.2 Å². The third-order valence-electron chi connectivity index (χ3n) is 7.82. The predicted octanol–water partition coefficient (Wildman–Crippen LogP) is 5.03. The van der Waals surface area contributed by atoms with E-state index < -0.39 is 0 Å². The lowest BCUT2D eigenvalue weighted by Gasteiger charge is -2.40. The molecular weight excluding hydrogens is 375 g/mol. The van der Waals surface area contributed by atoms with E-state index >= 15 is 0 Å². The second kappa shape index (κ2) is 7.76. The summed E-state index contributed by atoms with van der Waals surface area (Å²) in [4.78, 5) is 7.53. The van der Waals surface area contributed by atoms with Crippen molar-refractivity contribution in [3.8, 4) is 0 Å². The van der Waals surface area contributed by atoms with E-state index in [1.807, 2.05) is 6.07 Å². The van der Waals surface area contributed by atoms with E-state index in [-0.39, 0.29) is 5.82 Å². The molecule has 5 rings (SSSR count). The molecule has 2 aliphatic heterocycles. The number of benzene rings is 1. The molecule has 1 aliphatic carbocycles. The summed E-state index contributed by atoms with van der Waals surface area (Å²) >= 11 is 0. The van der Waals surface area contributed by atoms with Crippen molar-refractivity contribution in [1.29, 1.82) is 0 Å². The Labute approximate surface area is 179 Å². The molecule has 0 bridgehead atoms. The molecule has 30 heavy (non-hydrogen) atoms. The third-order valence-corrected chi connectivity index (χ3v) is 7.82. The summed E-state index contributed by atoms with van der Waals surface area (Å²) in [6.45, 7) is 12.5. The summed E-state index contributed by atoms with van der Waals surface area (Å²) in [5.41, 5.74) is 5.55. The molecule has 0 radical (unpaired) electrons. The zero-order valence-electron chi connectivity index (χ0n) is 18.7. The molecule has 162 valence electrons. The first-order chi connectivity index (χ1) is 14.4. The number of hydrogen-bond acceptors (Lipinski definition) is 3. The van der Waals surface area contributed by atoms with Crippen molar-refractivity contribution in [3.63, 3.8) is 0 Å². The zero-order chi connectivity index (χ0) is 20.9. The van der Waals surface area contributed by atoms with E-state index in [1.54, 1.807) is 23.3 Å². The van der Waals surface area contributed by atoms with Gasteiger partial charge in [0.2, 0.25) is 0 Å². The molecule has 0 amide bonds. The molecule has 0 saturated carbocycles. The Kier molecular flexibility index (Phi) is 5.22. The quantitative estimate of drug-likeness (QED) is 0.718. The molecule has 1 aromatic carbocycles. The minimum atomic E-state index is -0.195. The van der Waals surface area contributed by atoms with E-state index in [2.05, 4.69) is 35.6 Å². The van der Waals surface area contributed by atoms with Gasteiger partial charge in [-0.3, -0.25) is 4.90 Å². The van der Waals surface area contributed by atoms with Gasteiger partial charge in [0, 0.05) is 50.7 Å². The number of imidazole rings is 1. The minimum Gasteiger partial charge on any atom is -0.324 e. The van der Waals surface area contributed by atoms with Crippen molar-refractivity contribution in [2.45, 2.75) is 64.8 Å². The largest absolute Gasteiger partial charge is 0.324 e. The van der Waals surface area contributed by atoms with Crippen LogP contribution in [0.2, 0.25) is 0 Å². The fraction of sp³-hybridized carbons (Fsp3) is 0.640. The fourth-order valence-corrected chi connectivity index (χ4v) is 5.82. The molecule has 3 aliphatic rings. The Balaban J connectivity index is 1.35. The van der Waals surface area contributed by atoms with Crippen LogP contribution in [0.4, 0.5) is 4.39 Å². The normalized spacial score (nSPS) is 23.9. The van der Waals surface area contributed by atoms with Crippen molar-refractivity contribution < 1.29 is 4.39 Å². The van der Waals surface area contributed by atoms with Gasteiger partial charge in [-0.05, 0) is 56.6 Å². The van der Waals surface area contributed by atoms with Gasteiger partial charge in [0.05, 0.1) is 11.0 Å². The lowest BCUT2D eigenvalue weighted by atomic mass is 9.72. The van der Waals surface area contributed by atoms with Gasteiger partial charge >= 0.3 is 0 Å². The lowest BCUT2D eigenvalue weighted by molar-refractivity contribution is 0.183. The van der Waals surface area contributed by atoms with E-state index in [1.165, 1.54) is 19.3 Å². The number of nitrogens with one attached hydrogen (secondary N) is 1. The van der Waals surface area contributed by atoms with Gasteiger partial charge in [0.1, 0.15) is 11.6 Å². The van der Waals surface area contributed by atoms with Gasteiger partial charge in [0.15, 0.2) is 0 Å². The summed E-state index contributed by atoms with van der Waals surface area (Å²) in [5.74, 6) is 1.41. The number of fused-ring (bicyclic) bond motifs is 1. The van der Waals surface area contributed by atoms with E-state index in [9.17, 15) is 4.39 Å². The van der Waals surface area contributed by atoms with Gasteiger partial charge in [-0.25, -0.2) is 9.37 Å². The molecule has 2 aromatic rings. The Morgan fingerprint density at radius 1 is 1.20 bits per heavy atom. The Bertz CT molecular complexity index is 961. The summed E-state index contributed by atoms with van der Waals surface area (Å²) in [6.07, 6.45) is 6.20. The van der Waals surface area contributed by atoms with Crippen LogP contribution in [0.15, 0.2) is 29.3 Å². The smallest absolute Gasteiger partial charge is 0.125 e. The van der Waals surface area contributed by atoms with Crippen molar-refractivity contribution in [2.75, 3.05) is 32.7 Å². The number of nitrogens with zero attached hydrogens (tertiary/aromatic N) is 3. The Morgan fingerprint density at radius 3 is 2.63 bits per heavy atom. The SMILES string of the molecule is CC1=C(CN2CCC(n3c(C4CNC4)nc4cc(F)ccc43)CC2)C(C)(C)CCC1. The highest BCUT2D eigenvalue weighted by Crippen LogP contribution is 2.41. The average molecular weight is 411 g/mol. The van der Waals surface area contributed by atoms with Crippen LogP contribution in [0.3, 0.4) is 0 Å². The third kappa shape index (κ3) is 3.60. The van der Waals surface area contributed by atoms with Crippen LogP contribution in [-0.2, 0) is 0 Å². The molecule has 1 aromatic heterocycles. The van der Waals surface area contributed by atoms with Gasteiger partial charge in [-0.2, -0.15) is 0 Å². The highest BCUT2D eigenvalue weighted by molar-refractivity contribution is 5.76. The number of aromatic nitrogens is 2. The monoisotopic (exact) mass is 410 g/mol. The number of likely N-dealkylation sites (tertiary alicyclic amines) is 1. The van der Waals surface area contributed by atoms with Crippen molar-refractivity contribution in [1.82, 2.24) is 19.8 Å². The summed E-state index contributed by atoms with van der Waals surface area (Å²) in [5, 5.41) is 3.37. The first-order valence-corrected chi connectivity index (χ1v) is 11.7. The number of piperidine rings is 1. The first kappa shape index (κ1) is 20.2. The number of rotatable bonds is 4. The summed E-state index contributed by atoms with van der Waals surface area (Å²) < 4.78 is 16.3. The maximum Gasteiger partial charge on any atom is 0.125 e. The summed E-state index contributed by atoms with van der Waals surface area (Å²) in [6, 6.07) is 5.57. The zero-order valence-corrected chi connectivity index (χ0v) is 18.7. The van der Waals surface area contributed by atoms with Crippen molar-refractivity contribution >= 4 is 11.0 Å². The van der Waals surface area contributed by atoms with Crippen LogP contribution in [0.5, 0.6) is 0 Å². The Hall–Kier alpha value is -1.72. The highest BCUT2D eigenvalue weighted by atomic mass is 19.1. The van der Waals surface area contributed by atoms with E-state index in [0.29, 0.717) is 17.4 Å².